The Labute approximate surface area is 128 Å². The Morgan fingerprint density at radius 2 is 2.10 bits per heavy atom. The number of aromatic nitrogens is 1. The van der Waals surface area contributed by atoms with Gasteiger partial charge < -0.3 is 9.63 Å². The smallest absolute Gasteiger partial charge is 0.242 e. The number of aldehydes is 1. The molecule has 4 nitrogen and oxygen atoms in total. The first kappa shape index (κ1) is 14.0. The second-order valence-corrected chi connectivity index (χ2v) is 5.45. The summed E-state index contributed by atoms with van der Waals surface area (Å²) in [5.74, 6) is 0.835. The molecule has 2 heterocycles. The van der Waals surface area contributed by atoms with Gasteiger partial charge in [0.25, 0.3) is 0 Å². The van der Waals surface area contributed by atoms with Gasteiger partial charge in [0.2, 0.25) is 5.88 Å². The molecule has 0 spiro atoms. The Bertz CT molecular complexity index is 643. The minimum Gasteiger partial charge on any atom is -0.388 e. The van der Waals surface area contributed by atoms with Gasteiger partial charge in [-0.05, 0) is 23.6 Å². The van der Waals surface area contributed by atoms with Gasteiger partial charge in [-0.15, -0.1) is 0 Å². The van der Waals surface area contributed by atoms with E-state index in [1.807, 2.05) is 18.2 Å². The highest BCUT2D eigenvalue weighted by Crippen LogP contribution is 2.28. The van der Waals surface area contributed by atoms with Gasteiger partial charge in [-0.2, -0.15) is 10.5 Å². The van der Waals surface area contributed by atoms with Crippen LogP contribution in [-0.2, 0) is 17.6 Å². The molecule has 1 unspecified atom stereocenters. The maximum Gasteiger partial charge on any atom is 0.242 e. The van der Waals surface area contributed by atoms with Crippen LogP contribution in [-0.4, -0.2) is 17.8 Å². The van der Waals surface area contributed by atoms with Gasteiger partial charge in [0, 0.05) is 24.4 Å². The number of fused-ring (bicyclic) bond motifs is 1. The minimum absolute atomic E-state index is 0.291. The number of carbonyl (C=O) groups excluding carboxylic acids is 1. The molecule has 0 amide bonds. The van der Waals surface area contributed by atoms with E-state index in [1.165, 1.54) is 5.56 Å². The first-order valence-corrected chi connectivity index (χ1v) is 7.21. The first-order chi connectivity index (χ1) is 10.3. The van der Waals surface area contributed by atoms with Gasteiger partial charge in [-0.3, -0.25) is 0 Å². The van der Waals surface area contributed by atoms with Crippen molar-refractivity contribution in [2.24, 2.45) is 0 Å². The summed E-state index contributed by atoms with van der Waals surface area (Å²) in [5.41, 5.74) is 6.22. The van der Waals surface area contributed by atoms with E-state index >= 15 is 0 Å². The van der Waals surface area contributed by atoms with Crippen LogP contribution < -0.4 is 10.3 Å². The third kappa shape index (κ3) is 3.23. The van der Waals surface area contributed by atoms with Crippen molar-refractivity contribution in [2.75, 3.05) is 6.54 Å². The molecule has 0 saturated carbocycles. The molecule has 1 aliphatic rings. The van der Waals surface area contributed by atoms with Crippen molar-refractivity contribution in [1.82, 2.24) is 10.5 Å². The Balaban J connectivity index is 1.82. The molecule has 0 bridgehead atoms. The summed E-state index contributed by atoms with van der Waals surface area (Å²) in [6, 6.07) is 11.9. The Kier molecular flexibility index (Phi) is 4.18. The number of nitrogens with zero attached hydrogens (tertiary/aromatic N) is 1. The van der Waals surface area contributed by atoms with E-state index < -0.39 is 0 Å². The number of rotatable bonds is 3. The summed E-state index contributed by atoms with van der Waals surface area (Å²) in [4.78, 5) is 20.2. The van der Waals surface area contributed by atoms with E-state index in [-0.39, 0.29) is 0 Å². The summed E-state index contributed by atoms with van der Waals surface area (Å²) in [7, 11) is 0. The predicted octanol–water partition coefficient (Wildman–Crippen LogP) is 2.70. The molecule has 1 atom stereocenters. The monoisotopic (exact) mass is 302 g/mol. The van der Waals surface area contributed by atoms with Crippen LogP contribution in [0.25, 0.3) is 0 Å². The van der Waals surface area contributed by atoms with Crippen molar-refractivity contribution in [2.45, 2.75) is 18.8 Å². The Morgan fingerprint density at radius 1 is 1.29 bits per heavy atom. The van der Waals surface area contributed by atoms with Crippen LogP contribution in [0.2, 0.25) is 5.15 Å². The SMILES string of the molecule is O=CCc1ccc(C2CNOc3nc(Cl)ccc3C2)cc1. The predicted molar refractivity (Wildman–Crippen MR) is 80.5 cm³/mol. The standard InChI is InChI=1S/C16H15ClN2O2/c17-15-6-5-13-9-14(10-18-21-16(13)19-15)12-3-1-11(2-4-12)7-8-20/h1-6,8,14,18H,7,9-10H2. The van der Waals surface area contributed by atoms with Crippen LogP contribution in [0.3, 0.4) is 0 Å². The van der Waals surface area contributed by atoms with Gasteiger partial charge in [-0.1, -0.05) is 41.9 Å². The van der Waals surface area contributed by atoms with Gasteiger partial charge in [-0.25, -0.2) is 0 Å². The minimum atomic E-state index is 0.291. The number of halogens is 1. The molecule has 0 fully saturated rings. The maximum atomic E-state index is 10.5. The highest BCUT2D eigenvalue weighted by molar-refractivity contribution is 6.29. The maximum absolute atomic E-state index is 10.5. The van der Waals surface area contributed by atoms with Gasteiger partial charge in [0.05, 0.1) is 0 Å². The summed E-state index contributed by atoms with van der Waals surface area (Å²) in [6.45, 7) is 0.695. The average molecular weight is 303 g/mol. The zero-order valence-corrected chi connectivity index (χ0v) is 12.1. The fraction of sp³-hybridized carbons (Fsp3) is 0.250. The van der Waals surface area contributed by atoms with Crippen LogP contribution in [0, 0.1) is 0 Å². The zero-order valence-electron chi connectivity index (χ0n) is 11.4. The van der Waals surface area contributed by atoms with Crippen LogP contribution in [0.1, 0.15) is 22.6 Å². The lowest BCUT2D eigenvalue weighted by atomic mass is 9.92. The summed E-state index contributed by atoms with van der Waals surface area (Å²) >= 11 is 5.88. The molecule has 1 aliphatic heterocycles. The second kappa shape index (κ2) is 6.24. The number of carbonyl (C=O) groups is 1. The normalized spacial score (nSPS) is 17.5. The number of hydrogen-bond donors (Lipinski definition) is 1. The van der Waals surface area contributed by atoms with Crippen molar-refractivity contribution >= 4 is 17.9 Å². The van der Waals surface area contributed by atoms with Crippen LogP contribution in [0.15, 0.2) is 36.4 Å². The molecular formula is C16H15ClN2O2. The Hall–Kier alpha value is -1.91. The van der Waals surface area contributed by atoms with E-state index in [1.54, 1.807) is 6.07 Å². The van der Waals surface area contributed by atoms with Crippen molar-refractivity contribution in [3.05, 3.63) is 58.2 Å². The highest BCUT2D eigenvalue weighted by atomic mass is 35.5. The van der Waals surface area contributed by atoms with Crippen LogP contribution >= 0.6 is 11.6 Å². The lowest BCUT2D eigenvalue weighted by molar-refractivity contribution is -0.107. The molecule has 5 heteroatoms. The molecule has 3 rings (SSSR count). The van der Waals surface area contributed by atoms with Crippen molar-refractivity contribution in [3.63, 3.8) is 0 Å². The van der Waals surface area contributed by atoms with Gasteiger partial charge >= 0.3 is 0 Å². The summed E-state index contributed by atoms with van der Waals surface area (Å²) in [5, 5.41) is 0.423. The molecule has 0 aliphatic carbocycles. The van der Waals surface area contributed by atoms with E-state index in [2.05, 4.69) is 22.6 Å². The number of nitrogens with one attached hydrogen (secondary N) is 1. The van der Waals surface area contributed by atoms with Crippen molar-refractivity contribution in [1.29, 1.82) is 0 Å². The quantitative estimate of drug-likeness (QED) is 0.699. The lowest BCUT2D eigenvalue weighted by Gasteiger charge is -2.14. The third-order valence-corrected chi connectivity index (χ3v) is 3.85. The Morgan fingerprint density at radius 3 is 2.86 bits per heavy atom. The molecule has 1 aromatic carbocycles. The first-order valence-electron chi connectivity index (χ1n) is 6.84. The molecule has 2 aromatic rings. The number of hydrogen-bond acceptors (Lipinski definition) is 4. The largest absolute Gasteiger partial charge is 0.388 e. The third-order valence-electron chi connectivity index (χ3n) is 3.64. The number of hydroxylamine groups is 1. The molecule has 108 valence electrons. The molecule has 21 heavy (non-hydrogen) atoms. The molecule has 0 saturated heterocycles. The molecule has 1 N–H and O–H groups in total. The van der Waals surface area contributed by atoms with Crippen molar-refractivity contribution < 1.29 is 9.63 Å². The average Bonchev–Trinajstić information content (AvgIpc) is 2.70. The number of pyridine rings is 1. The topological polar surface area (TPSA) is 51.2 Å². The lowest BCUT2D eigenvalue weighted by Crippen LogP contribution is -2.23. The van der Waals surface area contributed by atoms with Crippen LogP contribution in [0.5, 0.6) is 5.88 Å². The second-order valence-electron chi connectivity index (χ2n) is 5.06. The fourth-order valence-electron chi connectivity index (χ4n) is 2.50. The van der Waals surface area contributed by atoms with E-state index in [9.17, 15) is 4.79 Å². The highest BCUT2D eigenvalue weighted by Gasteiger charge is 2.20. The molecular weight excluding hydrogens is 288 g/mol. The fourth-order valence-corrected chi connectivity index (χ4v) is 2.64. The van der Waals surface area contributed by atoms with Gasteiger partial charge in [0.1, 0.15) is 11.4 Å². The van der Waals surface area contributed by atoms with E-state index in [0.717, 1.165) is 23.8 Å². The zero-order chi connectivity index (χ0) is 14.7. The summed E-state index contributed by atoms with van der Waals surface area (Å²) in [6.07, 6.45) is 2.21. The van der Waals surface area contributed by atoms with Crippen molar-refractivity contribution in [3.8, 4) is 5.88 Å². The number of benzene rings is 1. The van der Waals surface area contributed by atoms with Gasteiger partial charge in [0.15, 0.2) is 0 Å². The van der Waals surface area contributed by atoms with E-state index in [0.29, 0.717) is 29.9 Å². The summed E-state index contributed by atoms with van der Waals surface area (Å²) < 4.78 is 0. The van der Waals surface area contributed by atoms with E-state index in [4.69, 9.17) is 16.4 Å². The van der Waals surface area contributed by atoms with Crippen LogP contribution in [0.4, 0.5) is 0 Å². The molecule has 0 radical (unpaired) electrons. The molecule has 1 aromatic heterocycles.